The first kappa shape index (κ1) is 13.4. The minimum absolute atomic E-state index is 0.525. The Morgan fingerprint density at radius 2 is 2.00 bits per heavy atom. The van der Waals surface area contributed by atoms with E-state index in [4.69, 9.17) is 4.42 Å². The molecule has 3 heteroatoms. The zero-order valence-electron chi connectivity index (χ0n) is 10.8. The summed E-state index contributed by atoms with van der Waals surface area (Å²) in [5.41, 5.74) is 3.42. The van der Waals surface area contributed by atoms with Crippen molar-refractivity contribution in [3.8, 4) is 11.3 Å². The van der Waals surface area contributed by atoms with Gasteiger partial charge in [-0.3, -0.25) is 0 Å². The standard InChI is InChI=1S/C15H17BrO2/c1-4-12(17)13-5-6-14(18-13)15-10(3)7-9(2)8-11(15)16/h5-8,12,17H,4H2,1-3H3. The number of aliphatic hydroxyl groups is 1. The first-order chi connectivity index (χ1) is 8.52. The van der Waals surface area contributed by atoms with Gasteiger partial charge in [0.05, 0.1) is 0 Å². The van der Waals surface area contributed by atoms with Gasteiger partial charge in [0.25, 0.3) is 0 Å². The van der Waals surface area contributed by atoms with Crippen LogP contribution < -0.4 is 0 Å². The summed E-state index contributed by atoms with van der Waals surface area (Å²) in [6, 6.07) is 7.95. The first-order valence-corrected chi connectivity index (χ1v) is 6.87. The highest BCUT2D eigenvalue weighted by atomic mass is 79.9. The number of aryl methyl sites for hydroxylation is 2. The Bertz CT molecular complexity index is 534. The smallest absolute Gasteiger partial charge is 0.135 e. The SMILES string of the molecule is CCC(O)c1ccc(-c2c(C)cc(C)cc2Br)o1. The lowest BCUT2D eigenvalue weighted by Gasteiger charge is -2.08. The van der Waals surface area contributed by atoms with Crippen LogP contribution in [0.1, 0.15) is 36.3 Å². The minimum atomic E-state index is -0.525. The average molecular weight is 309 g/mol. The van der Waals surface area contributed by atoms with E-state index in [1.54, 1.807) is 0 Å². The van der Waals surface area contributed by atoms with Crippen LogP contribution in [-0.4, -0.2) is 5.11 Å². The number of aliphatic hydroxyl groups excluding tert-OH is 1. The second-order valence-electron chi connectivity index (χ2n) is 4.56. The van der Waals surface area contributed by atoms with E-state index in [-0.39, 0.29) is 0 Å². The number of hydrogen-bond acceptors (Lipinski definition) is 2. The zero-order chi connectivity index (χ0) is 13.3. The molecule has 1 heterocycles. The molecule has 1 aromatic heterocycles. The summed E-state index contributed by atoms with van der Waals surface area (Å²) in [4.78, 5) is 0. The van der Waals surface area contributed by atoms with E-state index < -0.39 is 6.10 Å². The Morgan fingerprint density at radius 1 is 1.28 bits per heavy atom. The molecule has 0 aliphatic heterocycles. The van der Waals surface area contributed by atoms with Crippen molar-refractivity contribution in [2.75, 3.05) is 0 Å². The van der Waals surface area contributed by atoms with Gasteiger partial charge in [0.15, 0.2) is 0 Å². The molecule has 1 aromatic carbocycles. The average Bonchev–Trinajstić information content (AvgIpc) is 2.76. The lowest BCUT2D eigenvalue weighted by atomic mass is 10.0. The molecule has 0 radical (unpaired) electrons. The van der Waals surface area contributed by atoms with Crippen molar-refractivity contribution in [1.29, 1.82) is 0 Å². The van der Waals surface area contributed by atoms with Crippen molar-refractivity contribution in [2.45, 2.75) is 33.3 Å². The van der Waals surface area contributed by atoms with Gasteiger partial charge in [-0.1, -0.05) is 28.9 Å². The van der Waals surface area contributed by atoms with Gasteiger partial charge < -0.3 is 9.52 Å². The van der Waals surface area contributed by atoms with Crippen LogP contribution in [0.25, 0.3) is 11.3 Å². The summed E-state index contributed by atoms with van der Waals surface area (Å²) in [6.07, 6.45) is 0.129. The molecule has 0 saturated carbocycles. The second-order valence-corrected chi connectivity index (χ2v) is 5.42. The topological polar surface area (TPSA) is 33.4 Å². The molecule has 96 valence electrons. The van der Waals surface area contributed by atoms with Crippen molar-refractivity contribution in [3.05, 3.63) is 45.6 Å². The highest BCUT2D eigenvalue weighted by Crippen LogP contribution is 2.35. The zero-order valence-corrected chi connectivity index (χ0v) is 12.4. The highest BCUT2D eigenvalue weighted by Gasteiger charge is 2.15. The Balaban J connectivity index is 2.46. The molecule has 2 nitrogen and oxygen atoms in total. The van der Waals surface area contributed by atoms with Gasteiger partial charge in [-0.05, 0) is 49.6 Å². The maximum Gasteiger partial charge on any atom is 0.135 e. The number of rotatable bonds is 3. The van der Waals surface area contributed by atoms with E-state index in [1.165, 1.54) is 5.56 Å². The molecule has 2 aromatic rings. The van der Waals surface area contributed by atoms with Crippen LogP contribution in [0.15, 0.2) is 33.2 Å². The fourth-order valence-corrected chi connectivity index (χ4v) is 2.96. The number of furan rings is 1. The van der Waals surface area contributed by atoms with Gasteiger partial charge in [0, 0.05) is 10.0 Å². The quantitative estimate of drug-likeness (QED) is 0.886. The Morgan fingerprint density at radius 3 is 2.61 bits per heavy atom. The Hall–Kier alpha value is -1.06. The number of benzene rings is 1. The fraction of sp³-hybridized carbons (Fsp3) is 0.333. The van der Waals surface area contributed by atoms with Crippen LogP contribution in [0.4, 0.5) is 0 Å². The third kappa shape index (κ3) is 2.52. The van der Waals surface area contributed by atoms with Crippen LogP contribution >= 0.6 is 15.9 Å². The minimum Gasteiger partial charge on any atom is -0.458 e. The molecular formula is C15H17BrO2. The number of halogens is 1. The van der Waals surface area contributed by atoms with E-state index in [1.807, 2.05) is 19.1 Å². The van der Waals surface area contributed by atoms with Crippen molar-refractivity contribution < 1.29 is 9.52 Å². The van der Waals surface area contributed by atoms with Gasteiger partial charge in [-0.2, -0.15) is 0 Å². The van der Waals surface area contributed by atoms with Gasteiger partial charge in [-0.15, -0.1) is 0 Å². The predicted octanol–water partition coefficient (Wildman–Crippen LogP) is 4.77. The highest BCUT2D eigenvalue weighted by molar-refractivity contribution is 9.10. The molecule has 0 saturated heterocycles. The van der Waals surface area contributed by atoms with Crippen LogP contribution in [0.3, 0.4) is 0 Å². The monoisotopic (exact) mass is 308 g/mol. The van der Waals surface area contributed by atoms with E-state index in [0.29, 0.717) is 12.2 Å². The van der Waals surface area contributed by atoms with Crippen molar-refractivity contribution >= 4 is 15.9 Å². The van der Waals surface area contributed by atoms with E-state index in [9.17, 15) is 5.11 Å². The van der Waals surface area contributed by atoms with Crippen LogP contribution in [-0.2, 0) is 0 Å². The molecule has 0 aliphatic rings. The maximum absolute atomic E-state index is 9.77. The number of hydrogen-bond donors (Lipinski definition) is 1. The van der Waals surface area contributed by atoms with Crippen LogP contribution in [0.5, 0.6) is 0 Å². The second kappa shape index (κ2) is 5.29. The summed E-state index contributed by atoms with van der Waals surface area (Å²) in [6.45, 7) is 6.06. The molecule has 2 rings (SSSR count). The van der Waals surface area contributed by atoms with Crippen LogP contribution in [0.2, 0.25) is 0 Å². The summed E-state index contributed by atoms with van der Waals surface area (Å²) < 4.78 is 6.76. The third-order valence-electron chi connectivity index (χ3n) is 3.02. The molecule has 0 aliphatic carbocycles. The van der Waals surface area contributed by atoms with E-state index >= 15 is 0 Å². The normalized spacial score (nSPS) is 12.7. The summed E-state index contributed by atoms with van der Waals surface area (Å²) in [5.74, 6) is 1.42. The van der Waals surface area contributed by atoms with Gasteiger partial charge >= 0.3 is 0 Å². The van der Waals surface area contributed by atoms with Crippen molar-refractivity contribution in [2.24, 2.45) is 0 Å². The van der Waals surface area contributed by atoms with Gasteiger partial charge in [0.2, 0.25) is 0 Å². The maximum atomic E-state index is 9.77. The molecular weight excluding hydrogens is 292 g/mol. The molecule has 0 fully saturated rings. The molecule has 18 heavy (non-hydrogen) atoms. The van der Waals surface area contributed by atoms with Crippen LogP contribution in [0, 0.1) is 13.8 Å². The van der Waals surface area contributed by atoms with Crippen molar-refractivity contribution in [1.82, 2.24) is 0 Å². The lowest BCUT2D eigenvalue weighted by molar-refractivity contribution is 0.147. The van der Waals surface area contributed by atoms with E-state index in [2.05, 4.69) is 41.9 Å². The summed E-state index contributed by atoms with van der Waals surface area (Å²) in [7, 11) is 0. The Kier molecular flexibility index (Phi) is 3.93. The first-order valence-electron chi connectivity index (χ1n) is 6.07. The molecule has 1 unspecified atom stereocenters. The third-order valence-corrected chi connectivity index (χ3v) is 3.65. The van der Waals surface area contributed by atoms with E-state index in [0.717, 1.165) is 21.4 Å². The molecule has 1 atom stereocenters. The van der Waals surface area contributed by atoms with Gasteiger partial charge in [0.1, 0.15) is 17.6 Å². The van der Waals surface area contributed by atoms with Gasteiger partial charge in [-0.25, -0.2) is 0 Å². The fourth-order valence-electron chi connectivity index (χ4n) is 2.10. The molecule has 0 amide bonds. The van der Waals surface area contributed by atoms with Crippen molar-refractivity contribution in [3.63, 3.8) is 0 Å². The molecule has 0 spiro atoms. The predicted molar refractivity (Wildman–Crippen MR) is 76.6 cm³/mol. The lowest BCUT2D eigenvalue weighted by Crippen LogP contribution is -1.91. The summed E-state index contributed by atoms with van der Waals surface area (Å²) in [5, 5.41) is 9.77. The summed E-state index contributed by atoms with van der Waals surface area (Å²) >= 11 is 3.58. The largest absolute Gasteiger partial charge is 0.458 e. The Labute approximate surface area is 116 Å². The molecule has 0 bridgehead atoms. The molecule has 1 N–H and O–H groups in total.